The first-order chi connectivity index (χ1) is 9.94. The molecular weight excluding hydrogens is 281 g/mol. The molecule has 1 aliphatic rings. The molecule has 1 fully saturated rings. The summed E-state index contributed by atoms with van der Waals surface area (Å²) in [5.74, 6) is 5.92. The highest BCUT2D eigenvalue weighted by Gasteiger charge is 2.32. The zero-order valence-corrected chi connectivity index (χ0v) is 12.0. The molecule has 1 aromatic heterocycles. The van der Waals surface area contributed by atoms with E-state index in [9.17, 15) is 13.2 Å². The van der Waals surface area contributed by atoms with Gasteiger partial charge in [-0.15, -0.1) is 0 Å². The number of aromatic nitrogens is 1. The fourth-order valence-electron chi connectivity index (χ4n) is 2.92. The van der Waals surface area contributed by atoms with Gasteiger partial charge in [0.2, 0.25) is 0 Å². The summed E-state index contributed by atoms with van der Waals surface area (Å²) < 4.78 is 38.6. The van der Waals surface area contributed by atoms with Crippen molar-refractivity contribution in [2.24, 2.45) is 11.8 Å². The number of anilines is 2. The molecule has 0 aliphatic heterocycles. The Hall–Kier alpha value is -1.50. The highest BCUT2D eigenvalue weighted by atomic mass is 19.4. The van der Waals surface area contributed by atoms with E-state index in [4.69, 9.17) is 5.84 Å². The molecule has 0 saturated heterocycles. The Bertz CT molecular complexity index is 476. The number of rotatable bonds is 4. The Morgan fingerprint density at radius 1 is 1.24 bits per heavy atom. The van der Waals surface area contributed by atoms with E-state index in [1.54, 1.807) is 0 Å². The number of pyridine rings is 1. The van der Waals surface area contributed by atoms with Gasteiger partial charge >= 0.3 is 6.18 Å². The second kappa shape index (κ2) is 6.51. The zero-order valence-electron chi connectivity index (χ0n) is 12.0. The summed E-state index contributed by atoms with van der Waals surface area (Å²) in [5.41, 5.74) is 1.44. The van der Waals surface area contributed by atoms with Crippen molar-refractivity contribution >= 4 is 11.6 Å². The van der Waals surface area contributed by atoms with Crippen molar-refractivity contribution in [1.29, 1.82) is 0 Å². The topological polar surface area (TPSA) is 63.0 Å². The molecule has 0 bridgehead atoms. The van der Waals surface area contributed by atoms with Gasteiger partial charge in [0.05, 0.1) is 5.56 Å². The first kappa shape index (κ1) is 15.9. The molecule has 2 unspecified atom stereocenters. The van der Waals surface area contributed by atoms with Gasteiger partial charge in [0.15, 0.2) is 0 Å². The molecule has 1 heterocycles. The van der Waals surface area contributed by atoms with E-state index < -0.39 is 11.7 Å². The quantitative estimate of drug-likeness (QED) is 0.585. The lowest BCUT2D eigenvalue weighted by Crippen LogP contribution is -2.32. The van der Waals surface area contributed by atoms with Gasteiger partial charge in [0, 0.05) is 6.04 Å². The molecule has 0 spiro atoms. The van der Waals surface area contributed by atoms with Crippen molar-refractivity contribution in [2.75, 3.05) is 10.7 Å². The Kier molecular flexibility index (Phi) is 4.92. The molecule has 4 N–H and O–H groups in total. The maximum atomic E-state index is 12.9. The van der Waals surface area contributed by atoms with Crippen LogP contribution >= 0.6 is 0 Å². The molecule has 0 aromatic carbocycles. The van der Waals surface area contributed by atoms with Gasteiger partial charge in [-0.2, -0.15) is 13.2 Å². The van der Waals surface area contributed by atoms with Crippen molar-refractivity contribution in [2.45, 2.75) is 51.2 Å². The highest BCUT2D eigenvalue weighted by Crippen LogP contribution is 2.34. The lowest BCUT2D eigenvalue weighted by atomic mass is 9.83. The number of nitrogens with two attached hydrogens (primary N) is 1. The van der Waals surface area contributed by atoms with E-state index in [-0.39, 0.29) is 17.7 Å². The number of hydrogen-bond acceptors (Lipinski definition) is 4. The summed E-state index contributed by atoms with van der Waals surface area (Å²) in [7, 11) is 0. The Morgan fingerprint density at radius 3 is 2.52 bits per heavy atom. The largest absolute Gasteiger partial charge is 0.416 e. The number of hydrogen-bond donors (Lipinski definition) is 3. The van der Waals surface area contributed by atoms with Crippen LogP contribution in [0.1, 0.15) is 44.6 Å². The van der Waals surface area contributed by atoms with Gasteiger partial charge in [0.1, 0.15) is 11.6 Å². The molecule has 7 heteroatoms. The lowest BCUT2D eigenvalue weighted by molar-refractivity contribution is -0.137. The van der Waals surface area contributed by atoms with Crippen LogP contribution in [0.4, 0.5) is 24.8 Å². The third kappa shape index (κ3) is 4.00. The van der Waals surface area contributed by atoms with Crippen LogP contribution in [0.3, 0.4) is 0 Å². The number of nitrogens with one attached hydrogen (secondary N) is 2. The van der Waals surface area contributed by atoms with Gasteiger partial charge in [-0.05, 0) is 30.9 Å². The molecule has 2 rings (SSSR count). The highest BCUT2D eigenvalue weighted by molar-refractivity contribution is 5.49. The summed E-state index contributed by atoms with van der Waals surface area (Å²) in [5, 5.41) is 3.16. The van der Waals surface area contributed by atoms with Crippen LogP contribution < -0.4 is 16.6 Å². The van der Waals surface area contributed by atoms with E-state index in [1.165, 1.54) is 6.42 Å². The molecule has 1 aromatic rings. The molecule has 1 aliphatic carbocycles. The van der Waals surface area contributed by atoms with Crippen LogP contribution in [0.25, 0.3) is 0 Å². The fourth-order valence-corrected chi connectivity index (χ4v) is 2.92. The van der Waals surface area contributed by atoms with E-state index in [0.717, 1.165) is 37.8 Å². The van der Waals surface area contributed by atoms with Crippen LogP contribution in [0.2, 0.25) is 0 Å². The lowest BCUT2D eigenvalue weighted by Gasteiger charge is -2.32. The van der Waals surface area contributed by atoms with E-state index in [2.05, 4.69) is 22.7 Å². The maximum absolute atomic E-state index is 12.9. The molecular formula is C14H21F3N4. The molecule has 21 heavy (non-hydrogen) atoms. The first-order valence-corrected chi connectivity index (χ1v) is 7.26. The third-order valence-corrected chi connectivity index (χ3v) is 4.07. The molecule has 0 amide bonds. The van der Waals surface area contributed by atoms with Crippen molar-refractivity contribution in [3.05, 3.63) is 17.7 Å². The Balaban J connectivity index is 2.22. The minimum Gasteiger partial charge on any atom is -0.367 e. The summed E-state index contributed by atoms with van der Waals surface area (Å²) in [4.78, 5) is 4.08. The number of halogens is 3. The van der Waals surface area contributed by atoms with E-state index in [1.807, 2.05) is 0 Å². The average molecular weight is 302 g/mol. The Morgan fingerprint density at radius 2 is 1.90 bits per heavy atom. The minimum absolute atomic E-state index is 0.0104. The van der Waals surface area contributed by atoms with Gasteiger partial charge in [0.25, 0.3) is 0 Å². The monoisotopic (exact) mass is 302 g/mol. The molecule has 4 nitrogen and oxygen atoms in total. The average Bonchev–Trinajstić information content (AvgIpc) is 2.46. The van der Waals surface area contributed by atoms with Crippen molar-refractivity contribution in [3.63, 3.8) is 0 Å². The Labute approximate surface area is 122 Å². The maximum Gasteiger partial charge on any atom is 0.416 e. The van der Waals surface area contributed by atoms with Gasteiger partial charge in [-0.25, -0.2) is 10.8 Å². The van der Waals surface area contributed by atoms with Crippen molar-refractivity contribution < 1.29 is 13.2 Å². The van der Waals surface area contributed by atoms with Crippen molar-refractivity contribution in [1.82, 2.24) is 4.98 Å². The fraction of sp³-hybridized carbons (Fsp3) is 0.643. The SMILES string of the molecule is CCC1CCCCC1Nc1cc(C(F)(F)F)cc(NN)n1. The summed E-state index contributed by atoms with van der Waals surface area (Å²) in [6.45, 7) is 2.11. The second-order valence-corrected chi connectivity index (χ2v) is 5.47. The number of alkyl halides is 3. The predicted octanol–water partition coefficient (Wildman–Crippen LogP) is 3.77. The predicted molar refractivity (Wildman–Crippen MR) is 76.7 cm³/mol. The summed E-state index contributed by atoms with van der Waals surface area (Å²) in [6.07, 6.45) is 0.939. The van der Waals surface area contributed by atoms with Gasteiger partial charge < -0.3 is 10.7 Å². The van der Waals surface area contributed by atoms with Crippen LogP contribution in [0.5, 0.6) is 0 Å². The number of nitrogens with zero attached hydrogens (tertiary/aromatic N) is 1. The van der Waals surface area contributed by atoms with E-state index in [0.29, 0.717) is 5.92 Å². The summed E-state index contributed by atoms with van der Waals surface area (Å²) >= 11 is 0. The smallest absolute Gasteiger partial charge is 0.367 e. The summed E-state index contributed by atoms with van der Waals surface area (Å²) in [6, 6.07) is 2.12. The minimum atomic E-state index is -4.41. The number of hydrazine groups is 1. The normalized spacial score (nSPS) is 22.9. The standard InChI is InChI=1S/C14H21F3N4/c1-2-9-5-3-4-6-11(9)19-12-7-10(14(15,16)17)8-13(20-12)21-18/h7-9,11H,2-6,18H2,1H3,(H2,19,20,21). The van der Waals surface area contributed by atoms with Crippen LogP contribution in [-0.4, -0.2) is 11.0 Å². The molecule has 2 atom stereocenters. The second-order valence-electron chi connectivity index (χ2n) is 5.47. The van der Waals surface area contributed by atoms with Crippen LogP contribution in [0, 0.1) is 5.92 Å². The third-order valence-electron chi connectivity index (χ3n) is 4.07. The van der Waals surface area contributed by atoms with Crippen LogP contribution in [0.15, 0.2) is 12.1 Å². The molecule has 118 valence electrons. The van der Waals surface area contributed by atoms with Crippen LogP contribution in [-0.2, 0) is 6.18 Å². The van der Waals surface area contributed by atoms with E-state index >= 15 is 0 Å². The van der Waals surface area contributed by atoms with Gasteiger partial charge in [-0.1, -0.05) is 26.2 Å². The molecule has 1 saturated carbocycles. The van der Waals surface area contributed by atoms with Gasteiger partial charge in [-0.3, -0.25) is 0 Å². The molecule has 0 radical (unpaired) electrons. The zero-order chi connectivity index (χ0) is 15.5. The first-order valence-electron chi connectivity index (χ1n) is 7.26. The van der Waals surface area contributed by atoms with Crippen molar-refractivity contribution in [3.8, 4) is 0 Å². The number of nitrogen functional groups attached to an aromatic ring is 1.